The Morgan fingerprint density at radius 1 is 0.938 bits per heavy atom. The second kappa shape index (κ2) is 8.14. The molecule has 0 aliphatic rings. The number of hydrogen-bond acceptors (Lipinski definition) is 6. The van der Waals surface area contributed by atoms with Gasteiger partial charge in [-0.25, -0.2) is 9.50 Å². The molecule has 3 heterocycles. The summed E-state index contributed by atoms with van der Waals surface area (Å²) in [5.74, 6) is 2.53. The van der Waals surface area contributed by atoms with E-state index in [1.807, 2.05) is 41.2 Å². The Balaban J connectivity index is 1.44. The van der Waals surface area contributed by atoms with Crippen LogP contribution < -0.4 is 19.5 Å². The average molecular weight is 429 g/mol. The minimum Gasteiger partial charge on any atom is -0.493 e. The maximum absolute atomic E-state index is 5.45. The topological polar surface area (TPSA) is 85.7 Å². The first-order valence-electron chi connectivity index (χ1n) is 10.1. The van der Waals surface area contributed by atoms with Crippen molar-refractivity contribution in [1.29, 1.82) is 0 Å². The molecular formula is C24H23N5O3. The molecule has 3 aromatic heterocycles. The summed E-state index contributed by atoms with van der Waals surface area (Å²) in [5, 5.41) is 9.28. The van der Waals surface area contributed by atoms with Crippen LogP contribution in [0.4, 0.5) is 5.82 Å². The Morgan fingerprint density at radius 2 is 1.75 bits per heavy atom. The van der Waals surface area contributed by atoms with E-state index >= 15 is 0 Å². The Labute approximate surface area is 184 Å². The van der Waals surface area contributed by atoms with E-state index in [9.17, 15) is 0 Å². The van der Waals surface area contributed by atoms with Crippen LogP contribution in [-0.4, -0.2) is 40.9 Å². The van der Waals surface area contributed by atoms with Gasteiger partial charge in [-0.15, -0.1) is 5.10 Å². The molecule has 0 amide bonds. The number of methoxy groups -OCH3 is 3. The molecule has 0 spiro atoms. The second-order valence-corrected chi connectivity index (χ2v) is 7.30. The lowest BCUT2D eigenvalue weighted by Gasteiger charge is -2.14. The smallest absolute Gasteiger partial charge is 0.203 e. The molecule has 0 aliphatic carbocycles. The van der Waals surface area contributed by atoms with E-state index in [2.05, 4.69) is 39.6 Å². The van der Waals surface area contributed by atoms with E-state index in [1.165, 1.54) is 0 Å². The van der Waals surface area contributed by atoms with Crippen LogP contribution in [0, 0.1) is 0 Å². The summed E-state index contributed by atoms with van der Waals surface area (Å²) in [4.78, 5) is 7.72. The number of aromatic amines is 1. The zero-order valence-corrected chi connectivity index (χ0v) is 18.0. The summed E-state index contributed by atoms with van der Waals surface area (Å²) >= 11 is 0. The monoisotopic (exact) mass is 429 g/mol. The molecule has 162 valence electrons. The summed E-state index contributed by atoms with van der Waals surface area (Å²) in [7, 11) is 4.80. The summed E-state index contributed by atoms with van der Waals surface area (Å²) in [6.07, 6.45) is 3.78. The fraction of sp³-hybridized carbons (Fsp3) is 0.167. The zero-order chi connectivity index (χ0) is 22.1. The minimum absolute atomic E-state index is 0.536. The second-order valence-electron chi connectivity index (χ2n) is 7.30. The predicted octanol–water partition coefficient (Wildman–Crippen LogP) is 4.52. The number of benzene rings is 2. The van der Waals surface area contributed by atoms with Gasteiger partial charge in [0.1, 0.15) is 5.82 Å². The first-order valence-corrected chi connectivity index (χ1v) is 10.1. The molecule has 8 nitrogen and oxygen atoms in total. The molecule has 0 saturated heterocycles. The van der Waals surface area contributed by atoms with E-state index in [0.29, 0.717) is 23.8 Å². The van der Waals surface area contributed by atoms with Crippen molar-refractivity contribution in [3.63, 3.8) is 0 Å². The highest BCUT2D eigenvalue weighted by Gasteiger charge is 2.14. The van der Waals surface area contributed by atoms with Crippen LogP contribution in [-0.2, 0) is 6.54 Å². The van der Waals surface area contributed by atoms with Crippen molar-refractivity contribution in [2.45, 2.75) is 6.54 Å². The van der Waals surface area contributed by atoms with Crippen molar-refractivity contribution < 1.29 is 14.2 Å². The van der Waals surface area contributed by atoms with Gasteiger partial charge in [0.05, 0.1) is 33.2 Å². The molecule has 5 aromatic rings. The van der Waals surface area contributed by atoms with Gasteiger partial charge >= 0.3 is 0 Å². The van der Waals surface area contributed by atoms with Gasteiger partial charge in [0.2, 0.25) is 5.75 Å². The van der Waals surface area contributed by atoms with Crippen molar-refractivity contribution >= 4 is 22.4 Å². The van der Waals surface area contributed by atoms with Gasteiger partial charge in [-0.2, -0.15) is 0 Å². The fourth-order valence-electron chi connectivity index (χ4n) is 3.81. The number of anilines is 1. The molecule has 2 aromatic carbocycles. The number of ether oxygens (including phenoxy) is 3. The van der Waals surface area contributed by atoms with Gasteiger partial charge in [-0.1, -0.05) is 6.07 Å². The lowest BCUT2D eigenvalue weighted by Crippen LogP contribution is -2.05. The Hall–Kier alpha value is -4.20. The molecule has 0 bridgehead atoms. The summed E-state index contributed by atoms with van der Waals surface area (Å²) in [5.41, 5.74) is 4.85. The highest BCUT2D eigenvalue weighted by atomic mass is 16.5. The number of nitrogens with zero attached hydrogens (tertiary/aromatic N) is 3. The number of rotatable bonds is 7. The Bertz CT molecular complexity index is 1380. The molecule has 0 unspecified atom stereocenters. The molecule has 32 heavy (non-hydrogen) atoms. The lowest BCUT2D eigenvalue weighted by molar-refractivity contribution is 0.324. The molecule has 0 aliphatic heterocycles. The first kappa shape index (κ1) is 19.7. The van der Waals surface area contributed by atoms with Crippen LogP contribution in [0.1, 0.15) is 5.56 Å². The third-order valence-corrected chi connectivity index (χ3v) is 5.41. The number of nitrogens with one attached hydrogen (secondary N) is 2. The minimum atomic E-state index is 0.536. The van der Waals surface area contributed by atoms with Crippen molar-refractivity contribution in [2.24, 2.45) is 0 Å². The van der Waals surface area contributed by atoms with Gasteiger partial charge < -0.3 is 24.5 Å². The van der Waals surface area contributed by atoms with Gasteiger partial charge in [-0.05, 0) is 48.0 Å². The molecule has 0 saturated carbocycles. The van der Waals surface area contributed by atoms with E-state index in [0.717, 1.165) is 39.2 Å². The molecule has 5 rings (SSSR count). The summed E-state index contributed by atoms with van der Waals surface area (Å²) in [6.45, 7) is 0.536. The normalized spacial score (nSPS) is 11.1. The number of fused-ring (bicyclic) bond motifs is 2. The van der Waals surface area contributed by atoms with Crippen LogP contribution in [0.2, 0.25) is 0 Å². The predicted molar refractivity (Wildman–Crippen MR) is 124 cm³/mol. The van der Waals surface area contributed by atoms with E-state index in [4.69, 9.17) is 19.3 Å². The third kappa shape index (κ3) is 3.45. The average Bonchev–Trinajstić information content (AvgIpc) is 3.47. The maximum Gasteiger partial charge on any atom is 0.203 e. The van der Waals surface area contributed by atoms with Gasteiger partial charge in [0, 0.05) is 29.2 Å². The van der Waals surface area contributed by atoms with Gasteiger partial charge in [0.15, 0.2) is 17.1 Å². The fourth-order valence-corrected chi connectivity index (χ4v) is 3.81. The number of hydrogen-bond donors (Lipinski definition) is 2. The van der Waals surface area contributed by atoms with Crippen LogP contribution >= 0.6 is 0 Å². The molecule has 0 radical (unpaired) electrons. The van der Waals surface area contributed by atoms with Crippen LogP contribution in [0.25, 0.3) is 27.8 Å². The number of aromatic nitrogens is 4. The lowest BCUT2D eigenvalue weighted by atomic mass is 10.1. The van der Waals surface area contributed by atoms with Crippen LogP contribution in [0.5, 0.6) is 17.2 Å². The van der Waals surface area contributed by atoms with Crippen molar-refractivity contribution in [3.8, 4) is 28.5 Å². The largest absolute Gasteiger partial charge is 0.493 e. The van der Waals surface area contributed by atoms with E-state index < -0.39 is 0 Å². The zero-order valence-electron chi connectivity index (χ0n) is 18.0. The SMILES string of the molecule is COc1cc(CNc2ccc3ncc(-c4ccc5[nH]ccc5c4)n3n2)cc(OC)c1OC. The number of H-pyrrole nitrogens is 1. The van der Waals surface area contributed by atoms with Crippen molar-refractivity contribution in [3.05, 3.63) is 66.5 Å². The van der Waals surface area contributed by atoms with E-state index in [1.54, 1.807) is 21.3 Å². The quantitative estimate of drug-likeness (QED) is 0.396. The van der Waals surface area contributed by atoms with Crippen LogP contribution in [0.15, 0.2) is 60.9 Å². The van der Waals surface area contributed by atoms with Crippen molar-refractivity contribution in [2.75, 3.05) is 26.6 Å². The maximum atomic E-state index is 5.45. The standard InChI is InChI=1S/C24H23N5O3/c1-30-20-10-15(11-21(31-2)24(20)32-3)13-26-22-6-7-23-27-14-19(29(23)28-22)17-4-5-18-16(12-17)8-9-25-18/h4-12,14,25H,13H2,1-3H3,(H,26,28). The molecular weight excluding hydrogens is 406 g/mol. The van der Waals surface area contributed by atoms with E-state index in [-0.39, 0.29) is 0 Å². The summed E-state index contributed by atoms with van der Waals surface area (Å²) < 4.78 is 18.1. The van der Waals surface area contributed by atoms with Gasteiger partial charge in [-0.3, -0.25) is 0 Å². The number of imidazole rings is 1. The summed E-state index contributed by atoms with van der Waals surface area (Å²) in [6, 6.07) is 16.0. The van der Waals surface area contributed by atoms with Crippen LogP contribution in [0.3, 0.4) is 0 Å². The molecule has 0 atom stereocenters. The van der Waals surface area contributed by atoms with Crippen molar-refractivity contribution in [1.82, 2.24) is 19.6 Å². The highest BCUT2D eigenvalue weighted by molar-refractivity contribution is 5.84. The first-order chi connectivity index (χ1) is 15.7. The Morgan fingerprint density at radius 3 is 2.50 bits per heavy atom. The third-order valence-electron chi connectivity index (χ3n) is 5.41. The molecule has 2 N–H and O–H groups in total. The molecule has 0 fully saturated rings. The molecule has 8 heteroatoms. The Kier molecular flexibility index (Phi) is 5.03. The van der Waals surface area contributed by atoms with Gasteiger partial charge in [0.25, 0.3) is 0 Å². The highest BCUT2D eigenvalue weighted by Crippen LogP contribution is 2.38.